The summed E-state index contributed by atoms with van der Waals surface area (Å²) in [6, 6.07) is 0. The Morgan fingerprint density at radius 1 is 1.24 bits per heavy atom. The van der Waals surface area contributed by atoms with Crippen molar-refractivity contribution < 1.29 is 40.2 Å². The fraction of sp³-hybridized carbons (Fsp3) is 0.889. The third kappa shape index (κ3) is 2.41. The number of ether oxygens (including phenoxy) is 1. The molecule has 17 heavy (non-hydrogen) atoms. The Morgan fingerprint density at radius 3 is 2.18 bits per heavy atom. The third-order valence-electron chi connectivity index (χ3n) is 2.88. The molecule has 8 heteroatoms. The quantitative estimate of drug-likeness (QED) is 0.305. The Hall–Kier alpha value is -0.770. The molecule has 1 rings (SSSR count). The van der Waals surface area contributed by atoms with Gasteiger partial charge in [-0.1, -0.05) is 0 Å². The molecule has 1 saturated heterocycles. The number of hydrogen-bond donors (Lipinski definition) is 6. The number of aliphatic hydroxyl groups is 5. The van der Waals surface area contributed by atoms with E-state index in [1.54, 1.807) is 0 Å². The molecule has 0 amide bonds. The fourth-order valence-electron chi connectivity index (χ4n) is 1.69. The first-order valence-corrected chi connectivity index (χ1v) is 4.99. The molecule has 6 N–H and O–H groups in total. The van der Waals surface area contributed by atoms with Gasteiger partial charge in [0.1, 0.15) is 30.5 Å². The number of carboxylic acids is 1. The van der Waals surface area contributed by atoms with Crippen LogP contribution in [0.25, 0.3) is 0 Å². The molecule has 8 nitrogen and oxygen atoms in total. The maximum Gasteiger partial charge on any atom is 0.338 e. The number of rotatable bonds is 3. The molecule has 0 aliphatic carbocycles. The van der Waals surface area contributed by atoms with Gasteiger partial charge in [-0.25, -0.2) is 4.79 Å². The second kappa shape index (κ2) is 4.84. The van der Waals surface area contributed by atoms with Crippen molar-refractivity contribution in [2.24, 2.45) is 0 Å². The minimum Gasteiger partial charge on any atom is -0.479 e. The van der Waals surface area contributed by atoms with E-state index in [4.69, 9.17) is 14.9 Å². The monoisotopic (exact) mass is 252 g/mol. The van der Waals surface area contributed by atoms with Gasteiger partial charge in [-0.3, -0.25) is 0 Å². The fourth-order valence-corrected chi connectivity index (χ4v) is 1.69. The van der Waals surface area contributed by atoms with Crippen molar-refractivity contribution in [1.29, 1.82) is 0 Å². The van der Waals surface area contributed by atoms with Crippen LogP contribution in [-0.4, -0.2) is 79.3 Å². The van der Waals surface area contributed by atoms with E-state index in [0.29, 0.717) is 0 Å². The summed E-state index contributed by atoms with van der Waals surface area (Å²) >= 11 is 0. The van der Waals surface area contributed by atoms with Crippen LogP contribution < -0.4 is 0 Å². The summed E-state index contributed by atoms with van der Waals surface area (Å²) in [5.74, 6) is -1.65. The molecular weight excluding hydrogens is 236 g/mol. The highest BCUT2D eigenvalue weighted by Crippen LogP contribution is 2.28. The highest BCUT2D eigenvalue weighted by atomic mass is 16.6. The zero-order chi connectivity index (χ0) is 13.4. The van der Waals surface area contributed by atoms with E-state index in [0.717, 1.165) is 6.92 Å². The molecule has 0 spiro atoms. The average molecular weight is 252 g/mol. The lowest BCUT2D eigenvalue weighted by atomic mass is 9.86. The lowest BCUT2D eigenvalue weighted by molar-refractivity contribution is -0.266. The van der Waals surface area contributed by atoms with E-state index in [9.17, 15) is 25.2 Å². The second-order valence-electron chi connectivity index (χ2n) is 4.20. The Bertz CT molecular complexity index is 289. The second-order valence-corrected chi connectivity index (χ2v) is 4.20. The van der Waals surface area contributed by atoms with Crippen LogP contribution in [0.3, 0.4) is 0 Å². The maximum absolute atomic E-state index is 10.8. The summed E-state index contributed by atoms with van der Waals surface area (Å²) in [6.07, 6.45) is -7.98. The summed E-state index contributed by atoms with van der Waals surface area (Å²) < 4.78 is 4.92. The molecule has 0 bridgehead atoms. The van der Waals surface area contributed by atoms with Gasteiger partial charge in [0.2, 0.25) is 0 Å². The zero-order valence-electron chi connectivity index (χ0n) is 9.09. The van der Waals surface area contributed by atoms with Crippen LogP contribution in [0, 0.1) is 0 Å². The Labute approximate surface area is 96.7 Å². The summed E-state index contributed by atoms with van der Waals surface area (Å²) in [5, 5.41) is 55.7. The Balaban J connectivity index is 2.97. The lowest BCUT2D eigenvalue weighted by Crippen LogP contribution is -2.66. The van der Waals surface area contributed by atoms with Crippen molar-refractivity contribution in [2.75, 3.05) is 6.61 Å². The van der Waals surface area contributed by atoms with Crippen molar-refractivity contribution in [2.45, 2.75) is 43.0 Å². The first kappa shape index (κ1) is 14.3. The van der Waals surface area contributed by atoms with Gasteiger partial charge in [0.15, 0.2) is 5.60 Å². The van der Waals surface area contributed by atoms with Gasteiger partial charge in [-0.15, -0.1) is 0 Å². The molecule has 1 aliphatic heterocycles. The molecule has 1 fully saturated rings. The van der Waals surface area contributed by atoms with Crippen LogP contribution >= 0.6 is 0 Å². The van der Waals surface area contributed by atoms with E-state index < -0.39 is 48.7 Å². The summed E-state index contributed by atoms with van der Waals surface area (Å²) in [5.41, 5.74) is -2.45. The molecule has 6 atom stereocenters. The number of aliphatic hydroxyl groups excluding tert-OH is 4. The average Bonchev–Trinajstić information content (AvgIpc) is 2.26. The number of carbonyl (C=O) groups is 1. The van der Waals surface area contributed by atoms with Crippen LogP contribution in [0.15, 0.2) is 0 Å². The van der Waals surface area contributed by atoms with Gasteiger partial charge in [-0.05, 0) is 6.92 Å². The van der Waals surface area contributed by atoms with Crippen molar-refractivity contribution in [3.63, 3.8) is 0 Å². The van der Waals surface area contributed by atoms with E-state index in [2.05, 4.69) is 0 Å². The molecule has 1 aliphatic rings. The van der Waals surface area contributed by atoms with Gasteiger partial charge in [0.25, 0.3) is 0 Å². The standard InChI is InChI=1S/C9H16O8/c1-9(16,8(14)15)7-6(13)5(12)4(11)3(2-10)17-7/h3-7,10-13,16H,2H2,1H3,(H,14,15)/t3-,4-,5+,6-,7-,9?/m1/s1. The summed E-state index contributed by atoms with van der Waals surface area (Å²) in [6.45, 7) is 0.208. The largest absolute Gasteiger partial charge is 0.479 e. The molecule has 0 aromatic rings. The predicted octanol–water partition coefficient (Wildman–Crippen LogP) is -3.34. The van der Waals surface area contributed by atoms with Crippen LogP contribution in [0.5, 0.6) is 0 Å². The molecular formula is C9H16O8. The Kier molecular flexibility index (Phi) is 4.07. The maximum atomic E-state index is 10.8. The van der Waals surface area contributed by atoms with Gasteiger partial charge in [0, 0.05) is 0 Å². The minimum atomic E-state index is -2.45. The normalized spacial score (nSPS) is 41.9. The van der Waals surface area contributed by atoms with Crippen LogP contribution in [0.2, 0.25) is 0 Å². The molecule has 0 saturated carbocycles. The number of carboxylic acid groups (broad SMARTS) is 1. The SMILES string of the molecule is CC(O)(C(=O)O)[C@@H]1O[C@H](CO)[C@@H](O)[C@H](O)[C@H]1O. The summed E-state index contributed by atoms with van der Waals surface area (Å²) in [4.78, 5) is 10.8. The zero-order valence-corrected chi connectivity index (χ0v) is 9.09. The van der Waals surface area contributed by atoms with Gasteiger partial charge >= 0.3 is 5.97 Å². The van der Waals surface area contributed by atoms with Gasteiger partial charge in [0.05, 0.1) is 6.61 Å². The van der Waals surface area contributed by atoms with Crippen LogP contribution in [-0.2, 0) is 9.53 Å². The van der Waals surface area contributed by atoms with E-state index in [-0.39, 0.29) is 0 Å². The highest BCUT2D eigenvalue weighted by Gasteiger charge is 2.53. The molecule has 1 heterocycles. The van der Waals surface area contributed by atoms with Crippen LogP contribution in [0.4, 0.5) is 0 Å². The molecule has 0 aromatic heterocycles. The summed E-state index contributed by atoms with van der Waals surface area (Å²) in [7, 11) is 0. The van der Waals surface area contributed by atoms with E-state index in [1.807, 2.05) is 0 Å². The minimum absolute atomic E-state index is 0.683. The smallest absolute Gasteiger partial charge is 0.338 e. The Morgan fingerprint density at radius 2 is 1.76 bits per heavy atom. The van der Waals surface area contributed by atoms with Crippen molar-refractivity contribution in [1.82, 2.24) is 0 Å². The van der Waals surface area contributed by atoms with Crippen molar-refractivity contribution >= 4 is 5.97 Å². The number of aliphatic carboxylic acids is 1. The first-order valence-electron chi connectivity index (χ1n) is 4.99. The first-order chi connectivity index (χ1) is 7.73. The number of hydrogen-bond acceptors (Lipinski definition) is 7. The molecule has 100 valence electrons. The molecule has 0 aromatic carbocycles. The van der Waals surface area contributed by atoms with Crippen molar-refractivity contribution in [3.05, 3.63) is 0 Å². The topological polar surface area (TPSA) is 148 Å². The highest BCUT2D eigenvalue weighted by molar-refractivity contribution is 5.77. The van der Waals surface area contributed by atoms with E-state index in [1.165, 1.54) is 0 Å². The molecule has 1 unspecified atom stereocenters. The molecule has 0 radical (unpaired) electrons. The van der Waals surface area contributed by atoms with Gasteiger partial charge in [-0.2, -0.15) is 0 Å². The van der Waals surface area contributed by atoms with Gasteiger partial charge < -0.3 is 35.4 Å². The van der Waals surface area contributed by atoms with E-state index >= 15 is 0 Å². The lowest BCUT2D eigenvalue weighted by Gasteiger charge is -2.43. The third-order valence-corrected chi connectivity index (χ3v) is 2.88. The van der Waals surface area contributed by atoms with Crippen LogP contribution in [0.1, 0.15) is 6.92 Å². The predicted molar refractivity (Wildman–Crippen MR) is 52.0 cm³/mol. The van der Waals surface area contributed by atoms with Crippen molar-refractivity contribution in [3.8, 4) is 0 Å².